The van der Waals surface area contributed by atoms with E-state index in [4.69, 9.17) is 27.6 Å². The highest BCUT2D eigenvalue weighted by molar-refractivity contribution is 6.42. The Kier molecular flexibility index (Phi) is 7.04. The number of ketones is 1. The lowest BCUT2D eigenvalue weighted by atomic mass is 9.95. The lowest BCUT2D eigenvalue weighted by molar-refractivity contribution is -0.129. The number of hydrogen-bond donors (Lipinski definition) is 1. The number of rotatable bonds is 7. The van der Waals surface area contributed by atoms with Gasteiger partial charge in [0, 0.05) is 13.1 Å². The van der Waals surface area contributed by atoms with E-state index in [0.717, 1.165) is 25.9 Å². The molecule has 1 fully saturated rings. The van der Waals surface area contributed by atoms with E-state index in [9.17, 15) is 14.7 Å². The summed E-state index contributed by atoms with van der Waals surface area (Å²) in [5.41, 5.74) is 0.639. The second kappa shape index (κ2) is 9.94. The topological polar surface area (TPSA) is 74.0 Å². The lowest BCUT2D eigenvalue weighted by Gasteiger charge is -2.31. The largest absolute Gasteiger partial charge is 0.503 e. The molecule has 0 aliphatic carbocycles. The van der Waals surface area contributed by atoms with Crippen LogP contribution in [0.25, 0.3) is 6.08 Å². The van der Waals surface area contributed by atoms with Crippen LogP contribution < -0.4 is 0 Å². The fraction of sp³-hybridized carbons (Fsp3) is 0.333. The highest BCUT2D eigenvalue weighted by Crippen LogP contribution is 2.39. The van der Waals surface area contributed by atoms with Crippen molar-refractivity contribution in [3.63, 3.8) is 0 Å². The normalized spacial score (nSPS) is 20.0. The predicted molar refractivity (Wildman–Crippen MR) is 124 cm³/mol. The van der Waals surface area contributed by atoms with Crippen LogP contribution in [0.5, 0.6) is 0 Å². The van der Waals surface area contributed by atoms with Crippen LogP contribution >= 0.6 is 23.2 Å². The summed E-state index contributed by atoms with van der Waals surface area (Å²) in [5, 5.41) is 11.4. The average Bonchev–Trinajstić information content (AvgIpc) is 3.40. The van der Waals surface area contributed by atoms with Crippen LogP contribution in [0.3, 0.4) is 0 Å². The number of carbonyl (C=O) groups is 2. The molecule has 0 radical (unpaired) electrons. The first kappa shape index (κ1) is 22.6. The van der Waals surface area contributed by atoms with Gasteiger partial charge in [-0.25, -0.2) is 0 Å². The maximum Gasteiger partial charge on any atom is 0.290 e. The van der Waals surface area contributed by atoms with Crippen LogP contribution in [0.15, 0.2) is 58.4 Å². The molecule has 32 heavy (non-hydrogen) atoms. The second-order valence-corrected chi connectivity index (χ2v) is 8.77. The fourth-order valence-electron chi connectivity index (χ4n) is 4.23. The standard InChI is InChI=1S/C24H24Cl2N2O4/c25-18-8-6-16(15-19(18)26)22-21(20(29)9-7-17-5-4-14-32-17)23(30)24(31)28(22)13-12-27-10-2-1-3-11-27/h4-9,14-15,22,30H,1-3,10-13H2/b9-7+. The summed E-state index contributed by atoms with van der Waals surface area (Å²) in [6.45, 7) is 3.01. The van der Waals surface area contributed by atoms with E-state index in [1.165, 1.54) is 29.7 Å². The highest BCUT2D eigenvalue weighted by Gasteiger charge is 2.43. The number of piperidine rings is 1. The molecule has 1 atom stereocenters. The number of aliphatic hydroxyl groups excluding tert-OH is 1. The molecule has 1 amide bonds. The Bertz CT molecular complexity index is 1060. The maximum atomic E-state index is 13.1. The molecule has 1 aromatic heterocycles. The van der Waals surface area contributed by atoms with E-state index in [0.29, 0.717) is 34.5 Å². The molecule has 1 aromatic carbocycles. The molecule has 2 aliphatic heterocycles. The van der Waals surface area contributed by atoms with Gasteiger partial charge in [-0.2, -0.15) is 0 Å². The summed E-state index contributed by atoms with van der Waals surface area (Å²) in [7, 11) is 0. The predicted octanol–water partition coefficient (Wildman–Crippen LogP) is 5.05. The molecule has 0 spiro atoms. The van der Waals surface area contributed by atoms with E-state index < -0.39 is 23.5 Å². The Morgan fingerprint density at radius 2 is 1.91 bits per heavy atom. The van der Waals surface area contributed by atoms with E-state index >= 15 is 0 Å². The summed E-state index contributed by atoms with van der Waals surface area (Å²) < 4.78 is 5.23. The van der Waals surface area contributed by atoms with Crippen molar-refractivity contribution in [3.05, 3.63) is 75.4 Å². The van der Waals surface area contributed by atoms with E-state index in [1.807, 2.05) is 0 Å². The van der Waals surface area contributed by atoms with Gasteiger partial charge in [0.25, 0.3) is 5.91 Å². The first-order valence-electron chi connectivity index (χ1n) is 10.6. The van der Waals surface area contributed by atoms with Crippen LogP contribution in [-0.4, -0.2) is 52.8 Å². The minimum absolute atomic E-state index is 0.0230. The SMILES string of the molecule is O=C(/C=C/c1ccco1)C1=C(O)C(=O)N(CCN2CCCCC2)C1c1ccc(Cl)c(Cl)c1. The summed E-state index contributed by atoms with van der Waals surface area (Å²) in [6, 6.07) is 7.65. The molecule has 0 bridgehead atoms. The average molecular weight is 475 g/mol. The number of benzene rings is 1. The third kappa shape index (κ3) is 4.77. The molecule has 168 valence electrons. The summed E-state index contributed by atoms with van der Waals surface area (Å²) >= 11 is 12.3. The van der Waals surface area contributed by atoms with Gasteiger partial charge < -0.3 is 19.3 Å². The number of hydrogen-bond acceptors (Lipinski definition) is 5. The molecule has 8 heteroatoms. The molecular formula is C24H24Cl2N2O4. The number of allylic oxidation sites excluding steroid dienone is 1. The quantitative estimate of drug-likeness (QED) is 0.568. The van der Waals surface area contributed by atoms with Crippen LogP contribution in [0, 0.1) is 0 Å². The smallest absolute Gasteiger partial charge is 0.290 e. The van der Waals surface area contributed by atoms with Crippen molar-refractivity contribution in [2.75, 3.05) is 26.2 Å². The third-order valence-electron chi connectivity index (χ3n) is 5.88. The minimum Gasteiger partial charge on any atom is -0.503 e. The number of likely N-dealkylation sites (tertiary alicyclic amines) is 1. The van der Waals surface area contributed by atoms with Gasteiger partial charge in [0.15, 0.2) is 11.5 Å². The van der Waals surface area contributed by atoms with E-state index in [-0.39, 0.29) is 5.57 Å². The number of aliphatic hydroxyl groups is 1. The molecule has 3 heterocycles. The van der Waals surface area contributed by atoms with E-state index in [2.05, 4.69) is 4.90 Å². The van der Waals surface area contributed by atoms with E-state index in [1.54, 1.807) is 30.3 Å². The van der Waals surface area contributed by atoms with Gasteiger partial charge in [0.05, 0.1) is 27.9 Å². The van der Waals surface area contributed by atoms with Crippen molar-refractivity contribution in [2.45, 2.75) is 25.3 Å². The molecular weight excluding hydrogens is 451 g/mol. The zero-order valence-corrected chi connectivity index (χ0v) is 19.0. The number of furan rings is 1. The van der Waals surface area contributed by atoms with Crippen molar-refractivity contribution in [3.8, 4) is 0 Å². The molecule has 1 N–H and O–H groups in total. The second-order valence-electron chi connectivity index (χ2n) is 7.95. The van der Waals surface area contributed by atoms with Gasteiger partial charge in [0.1, 0.15) is 5.76 Å². The molecule has 0 saturated carbocycles. The molecule has 2 aliphatic rings. The third-order valence-corrected chi connectivity index (χ3v) is 6.62. The summed E-state index contributed by atoms with van der Waals surface area (Å²) in [5.74, 6) is -1.07. The molecule has 4 rings (SSSR count). The zero-order chi connectivity index (χ0) is 22.7. The highest BCUT2D eigenvalue weighted by atomic mass is 35.5. The lowest BCUT2D eigenvalue weighted by Crippen LogP contribution is -2.40. The van der Waals surface area contributed by atoms with Crippen molar-refractivity contribution in [2.24, 2.45) is 0 Å². The van der Waals surface area contributed by atoms with Crippen LogP contribution in [0.1, 0.15) is 36.6 Å². The Morgan fingerprint density at radius 1 is 1.12 bits per heavy atom. The summed E-state index contributed by atoms with van der Waals surface area (Å²) in [6.07, 6.45) is 7.80. The van der Waals surface area contributed by atoms with Crippen molar-refractivity contribution >= 4 is 41.0 Å². The minimum atomic E-state index is -0.754. The fourth-order valence-corrected chi connectivity index (χ4v) is 4.54. The molecule has 2 aromatic rings. The van der Waals surface area contributed by atoms with Crippen molar-refractivity contribution < 1.29 is 19.1 Å². The Labute approximate surface area is 196 Å². The number of nitrogens with zero attached hydrogens (tertiary/aromatic N) is 2. The van der Waals surface area contributed by atoms with Crippen molar-refractivity contribution in [1.29, 1.82) is 0 Å². The first-order chi connectivity index (χ1) is 15.5. The van der Waals surface area contributed by atoms with Gasteiger partial charge in [-0.15, -0.1) is 0 Å². The monoisotopic (exact) mass is 474 g/mol. The van der Waals surface area contributed by atoms with Crippen LogP contribution in [0.4, 0.5) is 0 Å². The summed E-state index contributed by atoms with van der Waals surface area (Å²) in [4.78, 5) is 29.9. The number of carbonyl (C=O) groups excluding carboxylic acids is 2. The van der Waals surface area contributed by atoms with Crippen molar-refractivity contribution in [1.82, 2.24) is 9.80 Å². The molecule has 1 saturated heterocycles. The van der Waals surface area contributed by atoms with Gasteiger partial charge in [-0.3, -0.25) is 9.59 Å². The number of halogens is 2. The number of amides is 1. The van der Waals surface area contributed by atoms with Crippen LogP contribution in [0.2, 0.25) is 10.0 Å². The zero-order valence-electron chi connectivity index (χ0n) is 17.5. The van der Waals surface area contributed by atoms with Gasteiger partial charge in [-0.05, 0) is 67.9 Å². The van der Waals surface area contributed by atoms with Crippen LogP contribution in [-0.2, 0) is 9.59 Å². The Balaban J connectivity index is 1.64. The van der Waals surface area contributed by atoms with Gasteiger partial charge >= 0.3 is 0 Å². The molecule has 1 unspecified atom stereocenters. The van der Waals surface area contributed by atoms with Gasteiger partial charge in [0.2, 0.25) is 0 Å². The maximum absolute atomic E-state index is 13.1. The first-order valence-corrected chi connectivity index (χ1v) is 11.4. The Morgan fingerprint density at radius 3 is 2.59 bits per heavy atom. The van der Waals surface area contributed by atoms with Gasteiger partial charge in [-0.1, -0.05) is 35.7 Å². The molecule has 6 nitrogen and oxygen atoms in total. The Hall–Kier alpha value is -2.54.